The van der Waals surface area contributed by atoms with Gasteiger partial charge in [-0.15, -0.1) is 0 Å². The van der Waals surface area contributed by atoms with Crippen LogP contribution in [0.5, 0.6) is 5.75 Å². The van der Waals surface area contributed by atoms with Gasteiger partial charge in [0.15, 0.2) is 0 Å². The van der Waals surface area contributed by atoms with Crippen LogP contribution in [0.15, 0.2) is 36.7 Å². The number of fused-ring (bicyclic) bond motifs is 1. The Morgan fingerprint density at radius 1 is 1.44 bits per heavy atom. The Kier molecular flexibility index (Phi) is 3.02. The highest BCUT2D eigenvalue weighted by molar-refractivity contribution is 5.37. The number of ether oxygens (including phenoxy) is 1. The van der Waals surface area contributed by atoms with Gasteiger partial charge in [0.25, 0.3) is 0 Å². The smallest absolute Gasteiger partial charge is 0.124 e. The number of hydrogen-bond donors (Lipinski definition) is 2. The number of rotatable bonds is 3. The average molecular weight is 243 g/mol. The maximum atomic E-state index is 5.66. The third kappa shape index (κ3) is 2.11. The monoisotopic (exact) mass is 243 g/mol. The van der Waals surface area contributed by atoms with Gasteiger partial charge in [0, 0.05) is 30.4 Å². The molecule has 0 saturated heterocycles. The zero-order valence-corrected chi connectivity index (χ0v) is 10.4. The Morgan fingerprint density at radius 3 is 3.17 bits per heavy atom. The normalized spacial score (nSPS) is 19.9. The van der Waals surface area contributed by atoms with E-state index >= 15 is 0 Å². The van der Waals surface area contributed by atoms with Crippen LogP contribution >= 0.6 is 0 Å². The molecule has 1 aromatic heterocycles. The summed E-state index contributed by atoms with van der Waals surface area (Å²) in [6, 6.07) is 8.75. The SMILES string of the molecule is CC(NC1CCOc2ccccc21)c1ncc[nH]1. The number of nitrogens with one attached hydrogen (secondary N) is 2. The maximum Gasteiger partial charge on any atom is 0.124 e. The minimum atomic E-state index is 0.205. The third-order valence-corrected chi connectivity index (χ3v) is 3.34. The fourth-order valence-electron chi connectivity index (χ4n) is 2.41. The van der Waals surface area contributed by atoms with Crippen LogP contribution in [0.25, 0.3) is 0 Å². The minimum absolute atomic E-state index is 0.205. The summed E-state index contributed by atoms with van der Waals surface area (Å²) in [4.78, 5) is 7.43. The molecule has 4 nitrogen and oxygen atoms in total. The maximum absolute atomic E-state index is 5.66. The Balaban J connectivity index is 1.78. The zero-order chi connectivity index (χ0) is 12.4. The number of aromatic amines is 1. The second kappa shape index (κ2) is 4.82. The van der Waals surface area contributed by atoms with Gasteiger partial charge in [0.1, 0.15) is 11.6 Å². The van der Waals surface area contributed by atoms with E-state index in [2.05, 4.69) is 34.3 Å². The number of imidazole rings is 1. The molecule has 2 atom stereocenters. The Labute approximate surface area is 106 Å². The first kappa shape index (κ1) is 11.3. The van der Waals surface area contributed by atoms with Crippen molar-refractivity contribution < 1.29 is 4.74 Å². The summed E-state index contributed by atoms with van der Waals surface area (Å²) in [5.74, 6) is 1.96. The van der Waals surface area contributed by atoms with Crippen LogP contribution in [-0.4, -0.2) is 16.6 Å². The lowest BCUT2D eigenvalue weighted by Gasteiger charge is -2.28. The topological polar surface area (TPSA) is 49.9 Å². The molecule has 0 saturated carbocycles. The van der Waals surface area contributed by atoms with E-state index in [4.69, 9.17) is 4.74 Å². The highest BCUT2D eigenvalue weighted by atomic mass is 16.5. The first-order valence-electron chi connectivity index (χ1n) is 6.31. The van der Waals surface area contributed by atoms with Gasteiger partial charge in [-0.25, -0.2) is 4.98 Å². The molecule has 1 aromatic carbocycles. The molecule has 0 bridgehead atoms. The van der Waals surface area contributed by atoms with Crippen molar-refractivity contribution in [3.63, 3.8) is 0 Å². The summed E-state index contributed by atoms with van der Waals surface area (Å²) < 4.78 is 5.66. The van der Waals surface area contributed by atoms with Crippen LogP contribution < -0.4 is 10.1 Å². The summed E-state index contributed by atoms with van der Waals surface area (Å²) in [5.41, 5.74) is 1.24. The average Bonchev–Trinajstić information content (AvgIpc) is 2.93. The lowest BCUT2D eigenvalue weighted by molar-refractivity contribution is 0.245. The van der Waals surface area contributed by atoms with Crippen LogP contribution in [0.4, 0.5) is 0 Å². The zero-order valence-electron chi connectivity index (χ0n) is 10.4. The Hall–Kier alpha value is -1.81. The summed E-state index contributed by atoms with van der Waals surface area (Å²) in [5, 5.41) is 3.60. The van der Waals surface area contributed by atoms with Crippen molar-refractivity contribution >= 4 is 0 Å². The minimum Gasteiger partial charge on any atom is -0.493 e. The van der Waals surface area contributed by atoms with Crippen LogP contribution in [-0.2, 0) is 0 Å². The lowest BCUT2D eigenvalue weighted by atomic mass is 10.00. The number of benzene rings is 1. The predicted molar refractivity (Wildman–Crippen MR) is 69.4 cm³/mol. The van der Waals surface area contributed by atoms with E-state index < -0.39 is 0 Å². The van der Waals surface area contributed by atoms with Gasteiger partial charge in [-0.1, -0.05) is 18.2 Å². The van der Waals surface area contributed by atoms with Crippen molar-refractivity contribution in [3.05, 3.63) is 48.0 Å². The van der Waals surface area contributed by atoms with Crippen LogP contribution in [0, 0.1) is 0 Å². The summed E-state index contributed by atoms with van der Waals surface area (Å²) in [7, 11) is 0. The van der Waals surface area contributed by atoms with Crippen molar-refractivity contribution in [1.29, 1.82) is 0 Å². The molecule has 1 aliphatic rings. The van der Waals surface area contributed by atoms with Crippen molar-refractivity contribution in [3.8, 4) is 5.75 Å². The summed E-state index contributed by atoms with van der Waals surface area (Å²) in [6.45, 7) is 2.89. The molecule has 0 radical (unpaired) electrons. The van der Waals surface area contributed by atoms with Crippen molar-refractivity contribution in [2.75, 3.05) is 6.61 Å². The fraction of sp³-hybridized carbons (Fsp3) is 0.357. The van der Waals surface area contributed by atoms with Crippen LogP contribution in [0.1, 0.15) is 36.8 Å². The van der Waals surface area contributed by atoms with E-state index in [0.717, 1.165) is 24.6 Å². The van der Waals surface area contributed by atoms with Gasteiger partial charge >= 0.3 is 0 Å². The van der Waals surface area contributed by atoms with E-state index in [1.807, 2.05) is 18.3 Å². The van der Waals surface area contributed by atoms with Crippen LogP contribution in [0.2, 0.25) is 0 Å². The van der Waals surface area contributed by atoms with E-state index in [-0.39, 0.29) is 6.04 Å². The molecular weight excluding hydrogens is 226 g/mol. The molecule has 3 rings (SSSR count). The fourth-order valence-corrected chi connectivity index (χ4v) is 2.41. The molecule has 1 aliphatic heterocycles. The molecule has 94 valence electrons. The van der Waals surface area contributed by atoms with E-state index in [1.165, 1.54) is 5.56 Å². The van der Waals surface area contributed by atoms with Crippen molar-refractivity contribution in [1.82, 2.24) is 15.3 Å². The molecule has 2 unspecified atom stereocenters. The summed E-state index contributed by atoms with van der Waals surface area (Å²) >= 11 is 0. The number of aromatic nitrogens is 2. The van der Waals surface area contributed by atoms with Gasteiger partial charge in [-0.05, 0) is 13.0 Å². The van der Waals surface area contributed by atoms with Gasteiger partial charge in [0.2, 0.25) is 0 Å². The van der Waals surface area contributed by atoms with Crippen molar-refractivity contribution in [2.45, 2.75) is 25.4 Å². The molecule has 0 spiro atoms. The molecular formula is C14H17N3O. The Bertz CT molecular complexity index is 510. The Morgan fingerprint density at radius 2 is 2.33 bits per heavy atom. The molecule has 2 aromatic rings. The molecule has 2 heterocycles. The number of nitrogens with zero attached hydrogens (tertiary/aromatic N) is 1. The molecule has 4 heteroatoms. The van der Waals surface area contributed by atoms with Gasteiger partial charge in [-0.2, -0.15) is 0 Å². The first-order chi connectivity index (χ1) is 8.84. The molecule has 18 heavy (non-hydrogen) atoms. The molecule has 0 amide bonds. The highest BCUT2D eigenvalue weighted by Crippen LogP contribution is 2.32. The number of para-hydroxylation sites is 1. The highest BCUT2D eigenvalue weighted by Gasteiger charge is 2.23. The largest absolute Gasteiger partial charge is 0.493 e. The predicted octanol–water partition coefficient (Wildman–Crippen LogP) is 2.58. The number of hydrogen-bond acceptors (Lipinski definition) is 3. The standard InChI is InChI=1S/C14H17N3O/c1-10(14-15-7-8-16-14)17-12-6-9-18-13-5-3-2-4-11(12)13/h2-5,7-8,10,12,17H,6,9H2,1H3,(H,15,16). The first-order valence-corrected chi connectivity index (χ1v) is 6.31. The molecule has 0 aliphatic carbocycles. The summed E-state index contributed by atoms with van der Waals surface area (Å²) in [6.07, 6.45) is 4.62. The van der Waals surface area contributed by atoms with E-state index in [1.54, 1.807) is 6.20 Å². The van der Waals surface area contributed by atoms with Crippen molar-refractivity contribution in [2.24, 2.45) is 0 Å². The molecule has 0 fully saturated rings. The number of H-pyrrole nitrogens is 1. The van der Waals surface area contributed by atoms with E-state index in [0.29, 0.717) is 6.04 Å². The van der Waals surface area contributed by atoms with Crippen LogP contribution in [0.3, 0.4) is 0 Å². The second-order valence-electron chi connectivity index (χ2n) is 4.59. The van der Waals surface area contributed by atoms with E-state index in [9.17, 15) is 0 Å². The second-order valence-corrected chi connectivity index (χ2v) is 4.59. The molecule has 2 N–H and O–H groups in total. The third-order valence-electron chi connectivity index (χ3n) is 3.34. The van der Waals surface area contributed by atoms with Gasteiger partial charge < -0.3 is 15.0 Å². The quantitative estimate of drug-likeness (QED) is 0.871. The van der Waals surface area contributed by atoms with Gasteiger partial charge in [0.05, 0.1) is 12.6 Å². The lowest BCUT2D eigenvalue weighted by Crippen LogP contribution is -2.29. The van der Waals surface area contributed by atoms with Gasteiger partial charge in [-0.3, -0.25) is 0 Å².